The highest BCUT2D eigenvalue weighted by Gasteiger charge is 2.47. The zero-order valence-corrected chi connectivity index (χ0v) is 27.1. The van der Waals surface area contributed by atoms with Gasteiger partial charge < -0.3 is 24.5 Å². The molecule has 5 aromatic rings. The number of imidazole rings is 1. The first-order chi connectivity index (χ1) is 22.1. The average molecular weight is 639 g/mol. The van der Waals surface area contributed by atoms with Crippen molar-refractivity contribution in [1.29, 1.82) is 0 Å². The number of likely N-dealkylation sites (tertiary alicyclic amines) is 1. The third-order valence-electron chi connectivity index (χ3n) is 10.1. The number of methoxy groups -OCH3 is 1. The third-order valence-corrected chi connectivity index (χ3v) is 11.0. The number of ether oxygens (including phenoxy) is 1. The van der Waals surface area contributed by atoms with Gasteiger partial charge in [0.05, 0.1) is 29.8 Å². The van der Waals surface area contributed by atoms with Gasteiger partial charge >= 0.3 is 0 Å². The zero-order valence-electron chi connectivity index (χ0n) is 26.3. The Kier molecular flexibility index (Phi) is 6.77. The molecule has 8 rings (SSSR count). The minimum atomic E-state index is -3.11. The van der Waals surface area contributed by atoms with Gasteiger partial charge in [-0.3, -0.25) is 4.79 Å². The van der Waals surface area contributed by atoms with E-state index in [4.69, 9.17) is 20.4 Å². The van der Waals surface area contributed by atoms with E-state index in [1.807, 2.05) is 54.4 Å². The molecule has 2 bridgehead atoms. The molecule has 0 spiro atoms. The Bertz CT molecular complexity index is 2130. The monoisotopic (exact) mass is 638 g/mol. The second-order valence-corrected chi connectivity index (χ2v) is 15.6. The first-order valence-electron chi connectivity index (χ1n) is 16.0. The summed E-state index contributed by atoms with van der Waals surface area (Å²) in [6, 6.07) is 17.7. The van der Waals surface area contributed by atoms with Crippen LogP contribution in [0.3, 0.4) is 0 Å². The van der Waals surface area contributed by atoms with Gasteiger partial charge in [-0.1, -0.05) is 24.3 Å². The van der Waals surface area contributed by atoms with E-state index in [2.05, 4.69) is 21.3 Å². The van der Waals surface area contributed by atoms with E-state index in [1.54, 1.807) is 7.11 Å². The van der Waals surface area contributed by atoms with Crippen LogP contribution in [0.4, 0.5) is 0 Å². The topological polar surface area (TPSA) is 125 Å². The van der Waals surface area contributed by atoms with Crippen LogP contribution in [0.1, 0.15) is 41.6 Å². The lowest BCUT2D eigenvalue weighted by Gasteiger charge is -2.27. The normalized spacial score (nSPS) is 21.1. The van der Waals surface area contributed by atoms with Crippen LogP contribution in [0.25, 0.3) is 44.8 Å². The van der Waals surface area contributed by atoms with E-state index in [1.165, 1.54) is 19.1 Å². The Morgan fingerprint density at radius 3 is 2.46 bits per heavy atom. The summed E-state index contributed by atoms with van der Waals surface area (Å²) in [5.41, 5.74) is 12.9. The third kappa shape index (κ3) is 4.96. The van der Waals surface area contributed by atoms with Crippen LogP contribution in [0.2, 0.25) is 0 Å². The molecular formula is C35H38N6O4S. The molecule has 1 amide bonds. The summed E-state index contributed by atoms with van der Waals surface area (Å²) in [5.74, 6) is 2.36. The molecule has 3 aliphatic rings. The van der Waals surface area contributed by atoms with Gasteiger partial charge in [-0.05, 0) is 73.4 Å². The molecule has 2 unspecified atom stereocenters. The van der Waals surface area contributed by atoms with Crippen molar-refractivity contribution in [3.05, 3.63) is 65.7 Å². The Morgan fingerprint density at radius 2 is 1.80 bits per heavy atom. The van der Waals surface area contributed by atoms with Crippen LogP contribution in [-0.2, 0) is 29.2 Å². The Morgan fingerprint density at radius 1 is 1.02 bits per heavy atom. The molecule has 1 saturated heterocycles. The summed E-state index contributed by atoms with van der Waals surface area (Å²) in [6.45, 7) is 1.55. The zero-order chi connectivity index (χ0) is 31.9. The van der Waals surface area contributed by atoms with Crippen molar-refractivity contribution in [2.75, 3.05) is 19.9 Å². The van der Waals surface area contributed by atoms with Gasteiger partial charge in [-0.15, -0.1) is 0 Å². The minimum absolute atomic E-state index is 0.0131. The number of nitrogens with zero attached hydrogens (tertiary/aromatic N) is 5. The van der Waals surface area contributed by atoms with E-state index in [0.29, 0.717) is 35.2 Å². The maximum absolute atomic E-state index is 13.7. The summed E-state index contributed by atoms with van der Waals surface area (Å²) in [5, 5.41) is 1.02. The molecule has 3 aromatic heterocycles. The van der Waals surface area contributed by atoms with E-state index >= 15 is 0 Å². The molecule has 3 atom stereocenters. The van der Waals surface area contributed by atoms with Crippen LogP contribution in [-0.4, -0.2) is 70.3 Å². The number of piperidine rings is 1. The van der Waals surface area contributed by atoms with Crippen molar-refractivity contribution in [3.63, 3.8) is 0 Å². The Hall–Kier alpha value is -4.22. The lowest BCUT2D eigenvalue weighted by molar-refractivity contribution is 0.0700. The van der Waals surface area contributed by atoms with Gasteiger partial charge in [-0.2, -0.15) is 0 Å². The number of hydrogen-bond acceptors (Lipinski definition) is 7. The van der Waals surface area contributed by atoms with Gasteiger partial charge in [0.1, 0.15) is 16.9 Å². The number of fused-ring (bicyclic) bond motifs is 4. The number of pyridine rings is 1. The molecule has 10 nitrogen and oxygen atoms in total. The van der Waals surface area contributed by atoms with Crippen molar-refractivity contribution < 1.29 is 17.9 Å². The highest BCUT2D eigenvalue weighted by molar-refractivity contribution is 7.89. The van der Waals surface area contributed by atoms with E-state index in [0.717, 1.165) is 64.3 Å². The van der Waals surface area contributed by atoms with Crippen molar-refractivity contribution in [2.45, 2.75) is 50.1 Å². The summed E-state index contributed by atoms with van der Waals surface area (Å²) >= 11 is 0. The number of benzene rings is 2. The first-order valence-corrected chi connectivity index (χ1v) is 18.0. The number of sulfone groups is 1. The van der Waals surface area contributed by atoms with E-state index < -0.39 is 9.84 Å². The molecule has 11 heteroatoms. The number of amides is 1. The molecule has 238 valence electrons. The SMILES string of the molecule is COc1cc(C(=O)N2CC3CCC2[C@@H]3N)cc2nc(-c3cc4ccc(-c5ccc(CS(C)(=O)=O)cc5)nc4n3CC3CC3)n(C)c12. The molecule has 4 heterocycles. The van der Waals surface area contributed by atoms with Crippen LogP contribution in [0.15, 0.2) is 54.6 Å². The number of carbonyl (C=O) groups excluding carboxylic acids is 1. The molecule has 1 aliphatic heterocycles. The highest BCUT2D eigenvalue weighted by atomic mass is 32.2. The summed E-state index contributed by atoms with van der Waals surface area (Å²) in [6.07, 6.45) is 5.66. The fourth-order valence-electron chi connectivity index (χ4n) is 7.56. The van der Waals surface area contributed by atoms with E-state index in [-0.39, 0.29) is 23.7 Å². The minimum Gasteiger partial charge on any atom is -0.494 e. The summed E-state index contributed by atoms with van der Waals surface area (Å²) in [4.78, 5) is 25.9. The fourth-order valence-corrected chi connectivity index (χ4v) is 8.36. The highest BCUT2D eigenvalue weighted by Crippen LogP contribution is 2.40. The Balaban J connectivity index is 1.20. The molecule has 2 N–H and O–H groups in total. The Labute approximate surface area is 268 Å². The number of carbonyl (C=O) groups is 1. The first kappa shape index (κ1) is 29.2. The van der Waals surface area contributed by atoms with Gasteiger partial charge in [-0.25, -0.2) is 18.4 Å². The molecule has 2 saturated carbocycles. The maximum atomic E-state index is 13.7. The number of rotatable bonds is 8. The molecular weight excluding hydrogens is 600 g/mol. The van der Waals surface area contributed by atoms with Gasteiger partial charge in [0.15, 0.2) is 15.7 Å². The van der Waals surface area contributed by atoms with Crippen LogP contribution < -0.4 is 10.5 Å². The lowest BCUT2D eigenvalue weighted by Crippen LogP contribution is -2.41. The second kappa shape index (κ2) is 10.7. The van der Waals surface area contributed by atoms with Gasteiger partial charge in [0.2, 0.25) is 0 Å². The fraction of sp³-hybridized carbons (Fsp3) is 0.400. The quantitative estimate of drug-likeness (QED) is 0.259. The maximum Gasteiger partial charge on any atom is 0.254 e. The predicted octanol–water partition coefficient (Wildman–Crippen LogP) is 4.78. The van der Waals surface area contributed by atoms with Crippen LogP contribution in [0.5, 0.6) is 5.75 Å². The second-order valence-electron chi connectivity index (χ2n) is 13.4. The molecule has 3 fully saturated rings. The number of aryl methyl sites for hydroxylation is 1. The standard InChI is InChI=1S/C35H38N6O4S/c1-39-32-27(14-25(16-30(32)45-2)35(42)41-18-24-11-13-28(41)31(24)36)38-34(39)29-15-23-10-12-26(37-33(23)40(29)17-20-4-5-20)22-8-6-21(7-9-22)19-46(3,43)44/h6-10,12,14-16,20,24,28,31H,4-5,11,13,17-19,36H2,1-3H3/t24?,28?,31-/m1/s1. The molecule has 0 radical (unpaired) electrons. The van der Waals surface area contributed by atoms with Crippen LogP contribution in [0, 0.1) is 11.8 Å². The van der Waals surface area contributed by atoms with Gasteiger partial charge in [0.25, 0.3) is 5.91 Å². The van der Waals surface area contributed by atoms with Crippen molar-refractivity contribution in [1.82, 2.24) is 24.0 Å². The number of nitrogens with two attached hydrogens (primary N) is 1. The van der Waals surface area contributed by atoms with Crippen LogP contribution >= 0.6 is 0 Å². The summed E-state index contributed by atoms with van der Waals surface area (Å²) in [7, 11) is 0.512. The van der Waals surface area contributed by atoms with Crippen molar-refractivity contribution in [3.8, 4) is 28.5 Å². The lowest BCUT2D eigenvalue weighted by atomic mass is 10.1. The largest absolute Gasteiger partial charge is 0.494 e. The van der Waals surface area contributed by atoms with Gasteiger partial charge in [0, 0.05) is 55.0 Å². The molecule has 46 heavy (non-hydrogen) atoms. The smallest absolute Gasteiger partial charge is 0.254 e. The number of aromatic nitrogens is 4. The number of hydrogen-bond donors (Lipinski definition) is 1. The van der Waals surface area contributed by atoms with Crippen molar-refractivity contribution in [2.24, 2.45) is 24.6 Å². The average Bonchev–Trinajstić information content (AvgIpc) is 3.44. The molecule has 2 aliphatic carbocycles. The predicted molar refractivity (Wildman–Crippen MR) is 178 cm³/mol. The van der Waals surface area contributed by atoms with E-state index in [9.17, 15) is 13.2 Å². The summed E-state index contributed by atoms with van der Waals surface area (Å²) < 4.78 is 33.7. The molecule has 2 aromatic carbocycles. The van der Waals surface area contributed by atoms with Crippen molar-refractivity contribution >= 4 is 37.8 Å².